The van der Waals surface area contributed by atoms with Gasteiger partial charge in [-0.1, -0.05) is 30.3 Å². The maximum atomic E-state index is 6.00. The Balaban J connectivity index is 0.00000256. The molecule has 0 saturated heterocycles. The molecule has 1 saturated carbocycles. The first-order valence-electron chi connectivity index (χ1n) is 10.5. The molecule has 7 heteroatoms. The third kappa shape index (κ3) is 6.35. The van der Waals surface area contributed by atoms with Crippen molar-refractivity contribution < 1.29 is 4.74 Å². The first-order valence-corrected chi connectivity index (χ1v) is 10.5. The quantitative estimate of drug-likeness (QED) is 0.224. The molecular weight excluding hydrogens is 489 g/mol. The van der Waals surface area contributed by atoms with Crippen LogP contribution in [-0.4, -0.2) is 35.6 Å². The van der Waals surface area contributed by atoms with E-state index in [1.54, 1.807) is 0 Å². The van der Waals surface area contributed by atoms with Crippen LogP contribution in [0.1, 0.15) is 31.2 Å². The van der Waals surface area contributed by atoms with Crippen molar-refractivity contribution in [3.63, 3.8) is 0 Å². The molecular formula is C23H30IN5O. The van der Waals surface area contributed by atoms with Crippen molar-refractivity contribution in [3.05, 3.63) is 59.9 Å². The zero-order valence-electron chi connectivity index (χ0n) is 17.4. The van der Waals surface area contributed by atoms with Gasteiger partial charge in [-0.2, -0.15) is 0 Å². The highest BCUT2D eigenvalue weighted by Crippen LogP contribution is 2.30. The van der Waals surface area contributed by atoms with Crippen LogP contribution in [0.4, 0.5) is 0 Å². The van der Waals surface area contributed by atoms with Crippen LogP contribution >= 0.6 is 24.0 Å². The first-order chi connectivity index (χ1) is 14.3. The number of nitrogens with one attached hydrogen (secondary N) is 3. The number of halogens is 1. The summed E-state index contributed by atoms with van der Waals surface area (Å²) in [5.74, 6) is 3.47. The van der Waals surface area contributed by atoms with E-state index < -0.39 is 0 Å². The molecule has 0 aliphatic heterocycles. The van der Waals surface area contributed by atoms with Gasteiger partial charge in [0.15, 0.2) is 5.96 Å². The van der Waals surface area contributed by atoms with Crippen LogP contribution in [0, 0.1) is 5.92 Å². The number of H-pyrrole nitrogens is 1. The average Bonchev–Trinajstić information content (AvgIpc) is 3.48. The number of para-hydroxylation sites is 3. The van der Waals surface area contributed by atoms with E-state index in [9.17, 15) is 0 Å². The Bertz CT molecular complexity index is 934. The molecule has 0 atom stereocenters. The van der Waals surface area contributed by atoms with Crippen LogP contribution < -0.4 is 15.4 Å². The van der Waals surface area contributed by atoms with Crippen LogP contribution in [0.5, 0.6) is 5.75 Å². The van der Waals surface area contributed by atoms with Gasteiger partial charge in [0, 0.05) is 25.1 Å². The normalized spacial score (nSPS) is 13.7. The highest BCUT2D eigenvalue weighted by atomic mass is 127. The summed E-state index contributed by atoms with van der Waals surface area (Å²) in [6.07, 6.45) is 3.39. The van der Waals surface area contributed by atoms with Crippen molar-refractivity contribution in [2.75, 3.05) is 19.7 Å². The molecule has 1 heterocycles. The number of fused-ring (bicyclic) bond motifs is 1. The minimum atomic E-state index is 0. The van der Waals surface area contributed by atoms with Gasteiger partial charge >= 0.3 is 0 Å². The van der Waals surface area contributed by atoms with E-state index in [1.165, 1.54) is 12.8 Å². The maximum absolute atomic E-state index is 6.00. The minimum absolute atomic E-state index is 0. The Hall–Kier alpha value is -2.29. The predicted octanol–water partition coefficient (Wildman–Crippen LogP) is 4.27. The molecule has 1 aliphatic rings. The lowest BCUT2D eigenvalue weighted by molar-refractivity contribution is 0.297. The van der Waals surface area contributed by atoms with Gasteiger partial charge in [0.1, 0.15) is 11.6 Å². The molecule has 4 rings (SSSR count). The molecule has 1 aliphatic carbocycles. The summed E-state index contributed by atoms with van der Waals surface area (Å²) >= 11 is 0. The summed E-state index contributed by atoms with van der Waals surface area (Å²) in [4.78, 5) is 12.7. The molecule has 0 bridgehead atoms. The van der Waals surface area contributed by atoms with Crippen molar-refractivity contribution in [1.82, 2.24) is 20.6 Å². The lowest BCUT2D eigenvalue weighted by atomic mass is 10.2. The summed E-state index contributed by atoms with van der Waals surface area (Å²) in [5.41, 5.74) is 3.19. The van der Waals surface area contributed by atoms with Crippen molar-refractivity contribution in [2.45, 2.75) is 32.7 Å². The molecule has 0 amide bonds. The Morgan fingerprint density at radius 3 is 2.73 bits per heavy atom. The third-order valence-electron chi connectivity index (χ3n) is 4.99. The van der Waals surface area contributed by atoms with Gasteiger partial charge in [-0.3, -0.25) is 0 Å². The topological polar surface area (TPSA) is 74.3 Å². The Kier molecular flexibility index (Phi) is 8.36. The summed E-state index contributed by atoms with van der Waals surface area (Å²) < 4.78 is 6.00. The highest BCUT2D eigenvalue weighted by Gasteiger charge is 2.22. The molecule has 1 aromatic heterocycles. The molecule has 3 aromatic rings. The minimum Gasteiger partial charge on any atom is -0.493 e. The lowest BCUT2D eigenvalue weighted by Gasteiger charge is -2.12. The molecule has 30 heavy (non-hydrogen) atoms. The highest BCUT2D eigenvalue weighted by molar-refractivity contribution is 14.0. The second-order valence-electron chi connectivity index (χ2n) is 7.43. The number of aliphatic imine (C=N–C) groups is 1. The number of hydrogen-bond acceptors (Lipinski definition) is 3. The standard InChI is InChI=1S/C23H29N5O.HI/c1-2-24-23(25-14-13-22-27-19-8-4-5-9-20(19)28-22)26-15-18-7-3-6-10-21(18)29-16-17-11-12-17;/h3-10,17H,2,11-16H2,1H3,(H,27,28)(H2,24,25,26);1H. The summed E-state index contributed by atoms with van der Waals surface area (Å²) in [6, 6.07) is 16.3. The van der Waals surface area contributed by atoms with E-state index in [4.69, 9.17) is 9.73 Å². The number of aromatic amines is 1. The van der Waals surface area contributed by atoms with Gasteiger partial charge in [-0.25, -0.2) is 9.98 Å². The molecule has 2 aromatic carbocycles. The molecule has 0 radical (unpaired) electrons. The maximum Gasteiger partial charge on any atom is 0.191 e. The fourth-order valence-electron chi connectivity index (χ4n) is 3.20. The largest absolute Gasteiger partial charge is 0.493 e. The smallest absolute Gasteiger partial charge is 0.191 e. The Morgan fingerprint density at radius 2 is 1.93 bits per heavy atom. The summed E-state index contributed by atoms with van der Waals surface area (Å²) in [6.45, 7) is 5.04. The SMILES string of the molecule is CCNC(=NCc1ccccc1OCC1CC1)NCCc1nc2ccccc2[nH]1.I. The molecule has 0 unspecified atom stereocenters. The summed E-state index contributed by atoms with van der Waals surface area (Å²) in [5, 5.41) is 6.71. The monoisotopic (exact) mass is 519 g/mol. The predicted molar refractivity (Wildman–Crippen MR) is 133 cm³/mol. The van der Waals surface area contributed by atoms with Crippen LogP contribution in [-0.2, 0) is 13.0 Å². The number of rotatable bonds is 9. The van der Waals surface area contributed by atoms with E-state index in [1.807, 2.05) is 42.5 Å². The van der Waals surface area contributed by atoms with Crippen molar-refractivity contribution in [1.29, 1.82) is 0 Å². The lowest BCUT2D eigenvalue weighted by Crippen LogP contribution is -2.38. The summed E-state index contributed by atoms with van der Waals surface area (Å²) in [7, 11) is 0. The van der Waals surface area contributed by atoms with E-state index in [0.29, 0.717) is 6.54 Å². The fraction of sp³-hybridized carbons (Fsp3) is 0.391. The number of nitrogens with zero attached hydrogens (tertiary/aromatic N) is 2. The van der Waals surface area contributed by atoms with Gasteiger partial charge in [0.2, 0.25) is 0 Å². The Labute approximate surface area is 194 Å². The number of aromatic nitrogens is 2. The van der Waals surface area contributed by atoms with Gasteiger partial charge in [0.25, 0.3) is 0 Å². The van der Waals surface area contributed by atoms with Gasteiger partial charge in [-0.05, 0) is 43.9 Å². The van der Waals surface area contributed by atoms with E-state index >= 15 is 0 Å². The van der Waals surface area contributed by atoms with E-state index in [2.05, 4.69) is 33.6 Å². The molecule has 1 fully saturated rings. The van der Waals surface area contributed by atoms with E-state index in [0.717, 1.165) is 66.2 Å². The van der Waals surface area contributed by atoms with Crippen LogP contribution in [0.3, 0.4) is 0 Å². The number of benzene rings is 2. The average molecular weight is 519 g/mol. The molecule has 0 spiro atoms. The number of guanidine groups is 1. The van der Waals surface area contributed by atoms with Crippen molar-refractivity contribution in [3.8, 4) is 5.75 Å². The zero-order valence-corrected chi connectivity index (χ0v) is 19.7. The molecule has 6 nitrogen and oxygen atoms in total. The molecule has 3 N–H and O–H groups in total. The fourth-order valence-corrected chi connectivity index (χ4v) is 3.20. The number of hydrogen-bond donors (Lipinski definition) is 3. The number of ether oxygens (including phenoxy) is 1. The number of imidazole rings is 1. The van der Waals surface area contributed by atoms with E-state index in [-0.39, 0.29) is 24.0 Å². The van der Waals surface area contributed by atoms with Crippen LogP contribution in [0.15, 0.2) is 53.5 Å². The first kappa shape index (κ1) is 22.4. The van der Waals surface area contributed by atoms with Crippen LogP contribution in [0.2, 0.25) is 0 Å². The molecule has 160 valence electrons. The van der Waals surface area contributed by atoms with Crippen LogP contribution in [0.25, 0.3) is 11.0 Å². The Morgan fingerprint density at radius 1 is 1.13 bits per heavy atom. The second kappa shape index (κ2) is 11.2. The zero-order chi connectivity index (χ0) is 19.9. The van der Waals surface area contributed by atoms with Crippen molar-refractivity contribution in [2.24, 2.45) is 10.9 Å². The van der Waals surface area contributed by atoms with Gasteiger partial charge in [0.05, 0.1) is 24.2 Å². The van der Waals surface area contributed by atoms with Gasteiger partial charge in [-0.15, -0.1) is 24.0 Å². The third-order valence-corrected chi connectivity index (χ3v) is 4.99. The van der Waals surface area contributed by atoms with Gasteiger partial charge < -0.3 is 20.4 Å². The van der Waals surface area contributed by atoms with Crippen molar-refractivity contribution >= 4 is 41.0 Å². The second-order valence-corrected chi connectivity index (χ2v) is 7.43.